The fraction of sp³-hybridized carbons (Fsp3) is 0.900. The molecule has 1 aliphatic carbocycles. The molecule has 1 fully saturated rings. The minimum absolute atomic E-state index is 0.421. The molecule has 1 aliphatic rings. The Hall–Kier alpha value is -0.330. The first-order valence-electron chi connectivity index (χ1n) is 4.82. The SMILES string of the molecule is CCC(=O)[C@@H]1CCC[C@@H]1CC. The van der Waals surface area contributed by atoms with Gasteiger partial charge in [0.05, 0.1) is 0 Å². The van der Waals surface area contributed by atoms with Crippen molar-refractivity contribution in [1.29, 1.82) is 0 Å². The molecule has 1 heteroatoms. The summed E-state index contributed by atoms with van der Waals surface area (Å²) in [4.78, 5) is 11.4. The Morgan fingerprint density at radius 1 is 1.36 bits per heavy atom. The average molecular weight is 154 g/mol. The normalized spacial score (nSPS) is 30.7. The van der Waals surface area contributed by atoms with Crippen LogP contribution in [0.1, 0.15) is 46.0 Å². The Morgan fingerprint density at radius 3 is 2.64 bits per heavy atom. The average Bonchev–Trinajstić information content (AvgIpc) is 2.50. The Morgan fingerprint density at radius 2 is 2.09 bits per heavy atom. The van der Waals surface area contributed by atoms with Crippen molar-refractivity contribution < 1.29 is 4.79 Å². The first kappa shape index (κ1) is 8.76. The monoisotopic (exact) mass is 154 g/mol. The summed E-state index contributed by atoms with van der Waals surface area (Å²) >= 11 is 0. The van der Waals surface area contributed by atoms with E-state index in [-0.39, 0.29) is 0 Å². The smallest absolute Gasteiger partial charge is 0.135 e. The van der Waals surface area contributed by atoms with E-state index in [1.807, 2.05) is 6.92 Å². The van der Waals surface area contributed by atoms with Crippen LogP contribution < -0.4 is 0 Å². The maximum atomic E-state index is 11.4. The topological polar surface area (TPSA) is 17.1 Å². The van der Waals surface area contributed by atoms with Gasteiger partial charge in [0.15, 0.2) is 0 Å². The van der Waals surface area contributed by atoms with Crippen molar-refractivity contribution in [2.45, 2.75) is 46.0 Å². The molecule has 1 nitrogen and oxygen atoms in total. The molecule has 0 spiro atoms. The van der Waals surface area contributed by atoms with Gasteiger partial charge in [0.2, 0.25) is 0 Å². The third kappa shape index (κ3) is 1.82. The Bertz CT molecular complexity index is 140. The first-order valence-corrected chi connectivity index (χ1v) is 4.82. The van der Waals surface area contributed by atoms with Crippen molar-refractivity contribution >= 4 is 5.78 Å². The molecule has 2 atom stereocenters. The number of Topliss-reactive ketones (excluding diaryl/α,β-unsaturated/α-hetero) is 1. The molecule has 0 aromatic rings. The van der Waals surface area contributed by atoms with E-state index in [0.717, 1.165) is 12.8 Å². The van der Waals surface area contributed by atoms with Gasteiger partial charge < -0.3 is 0 Å². The molecule has 0 bridgehead atoms. The molecule has 0 heterocycles. The summed E-state index contributed by atoms with van der Waals surface area (Å²) in [5.74, 6) is 1.63. The Balaban J connectivity index is 2.49. The van der Waals surface area contributed by atoms with Crippen LogP contribution in [0, 0.1) is 11.8 Å². The van der Waals surface area contributed by atoms with Gasteiger partial charge in [-0.25, -0.2) is 0 Å². The summed E-state index contributed by atoms with van der Waals surface area (Å²) in [6.07, 6.45) is 5.64. The van der Waals surface area contributed by atoms with Crippen LogP contribution in [-0.2, 0) is 4.79 Å². The maximum Gasteiger partial charge on any atom is 0.135 e. The van der Waals surface area contributed by atoms with Crippen LogP contribution in [0.4, 0.5) is 0 Å². The highest BCUT2D eigenvalue weighted by molar-refractivity contribution is 5.81. The lowest BCUT2D eigenvalue weighted by atomic mass is 9.89. The van der Waals surface area contributed by atoms with Crippen LogP contribution in [0.25, 0.3) is 0 Å². The van der Waals surface area contributed by atoms with E-state index in [2.05, 4.69) is 6.92 Å². The van der Waals surface area contributed by atoms with Gasteiger partial charge in [0.1, 0.15) is 5.78 Å². The molecular formula is C10H18O. The van der Waals surface area contributed by atoms with Crippen molar-refractivity contribution in [3.05, 3.63) is 0 Å². The molecule has 0 aliphatic heterocycles. The maximum absolute atomic E-state index is 11.4. The van der Waals surface area contributed by atoms with E-state index in [4.69, 9.17) is 0 Å². The zero-order valence-electron chi connectivity index (χ0n) is 7.60. The first-order chi connectivity index (χ1) is 5.29. The summed E-state index contributed by atoms with van der Waals surface area (Å²) in [6, 6.07) is 0. The van der Waals surface area contributed by atoms with Crippen LogP contribution in [-0.4, -0.2) is 5.78 Å². The minimum Gasteiger partial charge on any atom is -0.299 e. The van der Waals surface area contributed by atoms with E-state index in [9.17, 15) is 4.79 Å². The zero-order valence-corrected chi connectivity index (χ0v) is 7.60. The Kier molecular flexibility index (Phi) is 3.10. The molecule has 0 amide bonds. The van der Waals surface area contributed by atoms with Crippen LogP contribution in [0.3, 0.4) is 0 Å². The molecule has 0 N–H and O–H groups in total. The van der Waals surface area contributed by atoms with Crippen molar-refractivity contribution in [2.24, 2.45) is 11.8 Å². The number of ketones is 1. The molecule has 0 saturated heterocycles. The third-order valence-corrected chi connectivity index (χ3v) is 2.95. The third-order valence-electron chi connectivity index (χ3n) is 2.95. The molecule has 1 saturated carbocycles. The van der Waals surface area contributed by atoms with Crippen LogP contribution in [0.2, 0.25) is 0 Å². The van der Waals surface area contributed by atoms with Crippen molar-refractivity contribution in [3.63, 3.8) is 0 Å². The van der Waals surface area contributed by atoms with Crippen molar-refractivity contribution in [3.8, 4) is 0 Å². The van der Waals surface area contributed by atoms with Crippen LogP contribution in [0.15, 0.2) is 0 Å². The summed E-state index contributed by atoms with van der Waals surface area (Å²) in [7, 11) is 0. The number of carbonyl (C=O) groups excluding carboxylic acids is 1. The van der Waals surface area contributed by atoms with Gasteiger partial charge in [-0.15, -0.1) is 0 Å². The highest BCUT2D eigenvalue weighted by Gasteiger charge is 2.29. The van der Waals surface area contributed by atoms with Crippen LogP contribution in [0.5, 0.6) is 0 Å². The standard InChI is InChI=1S/C10H18O/c1-3-8-6-5-7-9(8)10(11)4-2/h8-9H,3-7H2,1-2H3/t8-,9+/m0/s1. The van der Waals surface area contributed by atoms with Gasteiger partial charge in [-0.2, -0.15) is 0 Å². The number of rotatable bonds is 3. The second-order valence-corrected chi connectivity index (χ2v) is 3.53. The lowest BCUT2D eigenvalue weighted by molar-refractivity contribution is -0.123. The van der Waals surface area contributed by atoms with Gasteiger partial charge >= 0.3 is 0 Å². The second kappa shape index (κ2) is 3.89. The zero-order chi connectivity index (χ0) is 8.27. The molecular weight excluding hydrogens is 136 g/mol. The van der Waals surface area contributed by atoms with Crippen LogP contribution >= 0.6 is 0 Å². The van der Waals surface area contributed by atoms with E-state index in [1.54, 1.807) is 0 Å². The van der Waals surface area contributed by atoms with Crippen molar-refractivity contribution in [2.75, 3.05) is 0 Å². The largest absolute Gasteiger partial charge is 0.299 e. The summed E-state index contributed by atoms with van der Waals surface area (Å²) in [5.41, 5.74) is 0. The van der Waals surface area contributed by atoms with E-state index < -0.39 is 0 Å². The fourth-order valence-corrected chi connectivity index (χ4v) is 2.21. The van der Waals surface area contributed by atoms with Gasteiger partial charge in [-0.05, 0) is 18.8 Å². The molecule has 11 heavy (non-hydrogen) atoms. The highest BCUT2D eigenvalue weighted by Crippen LogP contribution is 2.34. The molecule has 0 unspecified atom stereocenters. The molecule has 0 aromatic heterocycles. The molecule has 0 aromatic carbocycles. The number of carbonyl (C=O) groups is 1. The predicted octanol–water partition coefficient (Wildman–Crippen LogP) is 2.79. The summed E-state index contributed by atoms with van der Waals surface area (Å²) < 4.78 is 0. The lowest BCUT2D eigenvalue weighted by Crippen LogP contribution is -2.17. The second-order valence-electron chi connectivity index (χ2n) is 3.53. The number of hydrogen-bond donors (Lipinski definition) is 0. The van der Waals surface area contributed by atoms with E-state index in [1.165, 1.54) is 19.3 Å². The highest BCUT2D eigenvalue weighted by atomic mass is 16.1. The number of hydrogen-bond acceptors (Lipinski definition) is 1. The quantitative estimate of drug-likeness (QED) is 0.611. The lowest BCUT2D eigenvalue weighted by Gasteiger charge is -2.14. The van der Waals surface area contributed by atoms with E-state index in [0.29, 0.717) is 17.6 Å². The minimum atomic E-state index is 0.421. The molecule has 0 radical (unpaired) electrons. The Labute approximate surface area is 69.2 Å². The van der Waals surface area contributed by atoms with Gasteiger partial charge in [-0.3, -0.25) is 4.79 Å². The molecule has 64 valence electrons. The van der Waals surface area contributed by atoms with Gasteiger partial charge in [-0.1, -0.05) is 26.7 Å². The fourth-order valence-electron chi connectivity index (χ4n) is 2.21. The van der Waals surface area contributed by atoms with E-state index >= 15 is 0 Å². The molecule has 1 rings (SSSR count). The summed E-state index contributed by atoms with van der Waals surface area (Å²) in [5, 5.41) is 0. The van der Waals surface area contributed by atoms with Gasteiger partial charge in [0, 0.05) is 12.3 Å². The van der Waals surface area contributed by atoms with Crippen molar-refractivity contribution in [1.82, 2.24) is 0 Å². The van der Waals surface area contributed by atoms with Gasteiger partial charge in [0.25, 0.3) is 0 Å². The summed E-state index contributed by atoms with van der Waals surface area (Å²) in [6.45, 7) is 4.18. The predicted molar refractivity (Wildman–Crippen MR) is 46.4 cm³/mol.